The smallest absolute Gasteiger partial charge is 0.242 e. The molecule has 1 unspecified atom stereocenters. The summed E-state index contributed by atoms with van der Waals surface area (Å²) in [5, 5.41) is 3.53. The van der Waals surface area contributed by atoms with Gasteiger partial charge in [-0.1, -0.05) is 39.7 Å². The van der Waals surface area contributed by atoms with Crippen LogP contribution >= 0.6 is 39.3 Å². The van der Waals surface area contributed by atoms with E-state index in [0.717, 1.165) is 27.1 Å². The summed E-state index contributed by atoms with van der Waals surface area (Å²) in [5.41, 5.74) is 0.994. The molecule has 4 nitrogen and oxygen atoms in total. The number of nitrogens with one attached hydrogen (secondary N) is 1. The molecule has 0 aromatic heterocycles. The van der Waals surface area contributed by atoms with Crippen LogP contribution in [0.5, 0.6) is 0 Å². The number of carbonyl (C=O) groups is 2. The average molecular weight is 498 g/mol. The van der Waals surface area contributed by atoms with Crippen molar-refractivity contribution in [2.45, 2.75) is 44.2 Å². The number of halogens is 2. The SMILES string of the molecule is CCNC(=O)C(C)N(Cc1ccc(Br)cc1)C(=O)CCCSc1ccc(Cl)cc1. The van der Waals surface area contributed by atoms with E-state index in [0.29, 0.717) is 24.5 Å². The lowest BCUT2D eigenvalue weighted by Crippen LogP contribution is -2.47. The van der Waals surface area contributed by atoms with Gasteiger partial charge >= 0.3 is 0 Å². The van der Waals surface area contributed by atoms with Gasteiger partial charge in [-0.15, -0.1) is 11.8 Å². The molecular weight excluding hydrogens is 472 g/mol. The van der Waals surface area contributed by atoms with E-state index in [1.807, 2.05) is 55.5 Å². The number of thioether (sulfide) groups is 1. The number of hydrogen-bond acceptors (Lipinski definition) is 3. The second-order valence-corrected chi connectivity index (χ2v) is 9.15. The summed E-state index contributed by atoms with van der Waals surface area (Å²) in [5.74, 6) is 0.687. The highest BCUT2D eigenvalue weighted by atomic mass is 79.9. The topological polar surface area (TPSA) is 49.4 Å². The van der Waals surface area contributed by atoms with Crippen LogP contribution in [0.1, 0.15) is 32.3 Å². The van der Waals surface area contributed by atoms with E-state index in [9.17, 15) is 9.59 Å². The van der Waals surface area contributed by atoms with Crippen molar-refractivity contribution in [2.75, 3.05) is 12.3 Å². The molecule has 0 aliphatic heterocycles. The first-order valence-electron chi connectivity index (χ1n) is 9.60. The van der Waals surface area contributed by atoms with E-state index in [1.165, 1.54) is 0 Å². The van der Waals surface area contributed by atoms with Crippen LogP contribution in [0.15, 0.2) is 57.9 Å². The monoisotopic (exact) mass is 496 g/mol. The molecule has 0 saturated carbocycles. The van der Waals surface area contributed by atoms with Gasteiger partial charge in [0.25, 0.3) is 0 Å². The molecule has 0 heterocycles. The molecule has 0 radical (unpaired) electrons. The minimum absolute atomic E-state index is 0.0108. The highest BCUT2D eigenvalue weighted by Gasteiger charge is 2.25. The maximum atomic E-state index is 12.9. The maximum Gasteiger partial charge on any atom is 0.242 e. The molecule has 0 fully saturated rings. The standard InChI is InChI=1S/C22H26BrClN2O2S/c1-3-25-22(28)16(2)26(15-17-6-8-18(23)9-7-17)21(27)5-4-14-29-20-12-10-19(24)11-13-20/h6-13,16H,3-5,14-15H2,1-2H3,(H,25,28). The molecule has 2 amide bonds. The lowest BCUT2D eigenvalue weighted by atomic mass is 10.1. The summed E-state index contributed by atoms with van der Waals surface area (Å²) < 4.78 is 0.982. The fraction of sp³-hybridized carbons (Fsp3) is 0.364. The Morgan fingerprint density at radius 3 is 2.41 bits per heavy atom. The minimum Gasteiger partial charge on any atom is -0.355 e. The molecule has 29 heavy (non-hydrogen) atoms. The van der Waals surface area contributed by atoms with E-state index in [-0.39, 0.29) is 11.8 Å². The highest BCUT2D eigenvalue weighted by molar-refractivity contribution is 9.10. The Balaban J connectivity index is 1.96. The van der Waals surface area contributed by atoms with Crippen LogP contribution in [0.25, 0.3) is 0 Å². The Morgan fingerprint density at radius 1 is 1.14 bits per heavy atom. The molecule has 1 atom stereocenters. The van der Waals surface area contributed by atoms with Gasteiger partial charge in [0.15, 0.2) is 0 Å². The predicted octanol–water partition coefficient (Wildman–Crippen LogP) is 5.53. The zero-order valence-corrected chi connectivity index (χ0v) is 19.8. The summed E-state index contributed by atoms with van der Waals surface area (Å²) in [6.07, 6.45) is 1.14. The average Bonchev–Trinajstić information content (AvgIpc) is 2.71. The van der Waals surface area contributed by atoms with Crippen LogP contribution < -0.4 is 5.32 Å². The van der Waals surface area contributed by atoms with Crippen LogP contribution in [-0.4, -0.2) is 35.1 Å². The quantitative estimate of drug-likeness (QED) is 0.347. The Hall–Kier alpha value is -1.50. The van der Waals surface area contributed by atoms with Crippen molar-refractivity contribution in [3.8, 4) is 0 Å². The number of carbonyl (C=O) groups excluding carboxylic acids is 2. The van der Waals surface area contributed by atoms with E-state index in [1.54, 1.807) is 23.6 Å². The van der Waals surface area contributed by atoms with Gasteiger partial charge in [0.05, 0.1) is 0 Å². The number of amides is 2. The zero-order chi connectivity index (χ0) is 21.2. The molecule has 0 saturated heterocycles. The van der Waals surface area contributed by atoms with Crippen molar-refractivity contribution in [3.05, 3.63) is 63.6 Å². The van der Waals surface area contributed by atoms with E-state index >= 15 is 0 Å². The van der Waals surface area contributed by atoms with E-state index in [4.69, 9.17) is 11.6 Å². The molecule has 2 aromatic carbocycles. The summed E-state index contributed by atoms with van der Waals surface area (Å²) >= 11 is 11.0. The van der Waals surface area contributed by atoms with Gasteiger partial charge in [-0.05, 0) is 68.0 Å². The van der Waals surface area contributed by atoms with E-state index in [2.05, 4.69) is 21.2 Å². The van der Waals surface area contributed by atoms with Crippen molar-refractivity contribution in [1.82, 2.24) is 10.2 Å². The third kappa shape index (κ3) is 8.03. The van der Waals surface area contributed by atoms with Gasteiger partial charge in [-0.3, -0.25) is 9.59 Å². The largest absolute Gasteiger partial charge is 0.355 e. The van der Waals surface area contributed by atoms with Crippen molar-refractivity contribution in [3.63, 3.8) is 0 Å². The number of rotatable bonds is 10. The molecular formula is C22H26BrClN2O2S. The molecule has 7 heteroatoms. The van der Waals surface area contributed by atoms with Crippen LogP contribution in [0.2, 0.25) is 5.02 Å². The third-order valence-electron chi connectivity index (χ3n) is 4.40. The predicted molar refractivity (Wildman–Crippen MR) is 124 cm³/mol. The Labute approximate surface area is 190 Å². The van der Waals surface area contributed by atoms with Gasteiger partial charge in [0.2, 0.25) is 11.8 Å². The van der Waals surface area contributed by atoms with Crippen molar-refractivity contribution >= 4 is 51.1 Å². The van der Waals surface area contributed by atoms with Gasteiger partial charge in [0, 0.05) is 33.9 Å². The van der Waals surface area contributed by atoms with Crippen LogP contribution in [-0.2, 0) is 16.1 Å². The van der Waals surface area contributed by atoms with Gasteiger partial charge in [0.1, 0.15) is 6.04 Å². The molecule has 2 rings (SSSR count). The normalized spacial score (nSPS) is 11.7. The van der Waals surface area contributed by atoms with Gasteiger partial charge in [-0.2, -0.15) is 0 Å². The molecule has 0 aliphatic carbocycles. The van der Waals surface area contributed by atoms with Crippen molar-refractivity contribution in [2.24, 2.45) is 0 Å². The second kappa shape index (κ2) is 12.3. The lowest BCUT2D eigenvalue weighted by Gasteiger charge is -2.28. The molecule has 156 valence electrons. The lowest BCUT2D eigenvalue weighted by molar-refractivity contribution is -0.140. The number of benzene rings is 2. The first-order valence-corrected chi connectivity index (χ1v) is 11.8. The first kappa shape index (κ1) is 23.8. The Morgan fingerprint density at radius 2 is 1.79 bits per heavy atom. The van der Waals surface area contributed by atoms with Crippen molar-refractivity contribution < 1.29 is 9.59 Å². The first-order chi connectivity index (χ1) is 13.9. The molecule has 0 bridgehead atoms. The fourth-order valence-corrected chi connectivity index (χ4v) is 4.02. The molecule has 0 spiro atoms. The summed E-state index contributed by atoms with van der Waals surface area (Å²) in [4.78, 5) is 28.1. The summed E-state index contributed by atoms with van der Waals surface area (Å²) in [7, 11) is 0. The van der Waals surface area contributed by atoms with Gasteiger partial charge < -0.3 is 10.2 Å². The molecule has 2 aromatic rings. The second-order valence-electron chi connectivity index (χ2n) is 6.62. The number of nitrogens with zero attached hydrogens (tertiary/aromatic N) is 1. The van der Waals surface area contributed by atoms with Crippen LogP contribution in [0.4, 0.5) is 0 Å². The summed E-state index contributed by atoms with van der Waals surface area (Å²) in [6.45, 7) is 4.61. The molecule has 1 N–H and O–H groups in total. The zero-order valence-electron chi connectivity index (χ0n) is 16.7. The van der Waals surface area contributed by atoms with E-state index < -0.39 is 6.04 Å². The number of hydrogen-bond donors (Lipinski definition) is 1. The molecule has 0 aliphatic rings. The van der Waals surface area contributed by atoms with Crippen LogP contribution in [0, 0.1) is 0 Å². The van der Waals surface area contributed by atoms with Crippen molar-refractivity contribution in [1.29, 1.82) is 0 Å². The fourth-order valence-electron chi connectivity index (χ4n) is 2.78. The number of likely N-dealkylation sites (N-methyl/N-ethyl adjacent to an activating group) is 1. The van der Waals surface area contributed by atoms with Crippen LogP contribution in [0.3, 0.4) is 0 Å². The Kier molecular flexibility index (Phi) is 10.0. The minimum atomic E-state index is -0.519. The Bertz CT molecular complexity index is 799. The van der Waals surface area contributed by atoms with Gasteiger partial charge in [-0.25, -0.2) is 0 Å². The third-order valence-corrected chi connectivity index (χ3v) is 6.28. The highest BCUT2D eigenvalue weighted by Crippen LogP contribution is 2.22. The summed E-state index contributed by atoms with van der Waals surface area (Å²) in [6, 6.07) is 15.0. The maximum absolute atomic E-state index is 12.9.